The first-order chi connectivity index (χ1) is 9.21. The molecule has 4 heteroatoms. The summed E-state index contributed by atoms with van der Waals surface area (Å²) >= 11 is 0. The first-order valence-electron chi connectivity index (χ1n) is 7.94. The number of carbonyl (C=O) groups is 1. The highest BCUT2D eigenvalue weighted by Crippen LogP contribution is 2.15. The molecule has 19 heavy (non-hydrogen) atoms. The van der Waals surface area contributed by atoms with Gasteiger partial charge in [-0.05, 0) is 25.7 Å². The highest BCUT2D eigenvalue weighted by atomic mass is 16.1. The quantitative estimate of drug-likeness (QED) is 0.706. The van der Waals surface area contributed by atoms with E-state index in [1.807, 2.05) is 0 Å². The van der Waals surface area contributed by atoms with Crippen LogP contribution >= 0.6 is 0 Å². The zero-order valence-electron chi connectivity index (χ0n) is 12.7. The van der Waals surface area contributed by atoms with Crippen LogP contribution in [-0.2, 0) is 4.79 Å². The molecule has 1 aliphatic heterocycles. The van der Waals surface area contributed by atoms with E-state index >= 15 is 0 Å². The van der Waals surface area contributed by atoms with Crippen molar-refractivity contribution in [3.8, 4) is 0 Å². The fraction of sp³-hybridized carbons (Fsp3) is 0.933. The minimum absolute atomic E-state index is 0.210. The second kappa shape index (κ2) is 9.32. The molecule has 1 heterocycles. The number of nitrogens with zero attached hydrogens (tertiary/aromatic N) is 1. The summed E-state index contributed by atoms with van der Waals surface area (Å²) in [5, 5.41) is 3.24. The number of hydrogen-bond acceptors (Lipinski definition) is 3. The van der Waals surface area contributed by atoms with Crippen molar-refractivity contribution in [3.05, 3.63) is 0 Å². The third-order valence-electron chi connectivity index (χ3n) is 4.15. The maximum atomic E-state index is 12.2. The molecule has 1 atom stereocenters. The Hall–Kier alpha value is -0.610. The van der Waals surface area contributed by atoms with Crippen molar-refractivity contribution < 1.29 is 4.79 Å². The van der Waals surface area contributed by atoms with E-state index in [1.54, 1.807) is 0 Å². The number of likely N-dealkylation sites (tertiary alicyclic amines) is 1. The maximum absolute atomic E-state index is 12.2. The number of nitrogens with two attached hydrogens (primary N) is 1. The van der Waals surface area contributed by atoms with E-state index in [-0.39, 0.29) is 11.8 Å². The van der Waals surface area contributed by atoms with E-state index in [2.05, 4.69) is 24.1 Å². The SMILES string of the molecule is CCCCC(CC)C(=O)NC1CCN(CCN)CC1. The van der Waals surface area contributed by atoms with Crippen LogP contribution in [0.15, 0.2) is 0 Å². The number of carbonyl (C=O) groups excluding carboxylic acids is 1. The summed E-state index contributed by atoms with van der Waals surface area (Å²) in [5.74, 6) is 0.482. The maximum Gasteiger partial charge on any atom is 0.223 e. The number of nitrogens with one attached hydrogen (secondary N) is 1. The van der Waals surface area contributed by atoms with Gasteiger partial charge in [0.05, 0.1) is 0 Å². The molecule has 0 bridgehead atoms. The second-order valence-electron chi connectivity index (χ2n) is 5.66. The van der Waals surface area contributed by atoms with Crippen molar-refractivity contribution in [2.75, 3.05) is 26.2 Å². The molecule has 1 rings (SSSR count). The molecule has 1 unspecified atom stereocenters. The Morgan fingerprint density at radius 2 is 2.05 bits per heavy atom. The van der Waals surface area contributed by atoms with Gasteiger partial charge in [0.15, 0.2) is 0 Å². The molecule has 1 aliphatic rings. The van der Waals surface area contributed by atoms with Gasteiger partial charge in [0.2, 0.25) is 5.91 Å². The van der Waals surface area contributed by atoms with Gasteiger partial charge in [0.1, 0.15) is 0 Å². The number of unbranched alkanes of at least 4 members (excludes halogenated alkanes) is 1. The van der Waals surface area contributed by atoms with Crippen LogP contribution in [0.3, 0.4) is 0 Å². The third-order valence-corrected chi connectivity index (χ3v) is 4.15. The van der Waals surface area contributed by atoms with Crippen LogP contribution in [0.1, 0.15) is 52.4 Å². The second-order valence-corrected chi connectivity index (χ2v) is 5.66. The molecule has 0 radical (unpaired) electrons. The van der Waals surface area contributed by atoms with Crippen LogP contribution < -0.4 is 11.1 Å². The summed E-state index contributed by atoms with van der Waals surface area (Å²) in [6.45, 7) is 8.13. The number of piperidine rings is 1. The molecule has 3 N–H and O–H groups in total. The minimum Gasteiger partial charge on any atom is -0.353 e. The van der Waals surface area contributed by atoms with Gasteiger partial charge in [0, 0.05) is 38.1 Å². The molecule has 0 aromatic rings. The molecular weight excluding hydrogens is 238 g/mol. The molecular formula is C15H31N3O. The molecule has 0 spiro atoms. The Kier molecular flexibility index (Phi) is 8.07. The Morgan fingerprint density at radius 1 is 1.37 bits per heavy atom. The predicted octanol–water partition coefficient (Wildman–Crippen LogP) is 1.74. The summed E-state index contributed by atoms with van der Waals surface area (Å²) in [6.07, 6.45) is 6.44. The third kappa shape index (κ3) is 5.91. The average molecular weight is 269 g/mol. The fourth-order valence-electron chi connectivity index (χ4n) is 2.77. The molecule has 1 fully saturated rings. The van der Waals surface area contributed by atoms with Crippen molar-refractivity contribution in [2.24, 2.45) is 11.7 Å². The van der Waals surface area contributed by atoms with Crippen LogP contribution in [0.2, 0.25) is 0 Å². The van der Waals surface area contributed by atoms with E-state index in [9.17, 15) is 4.79 Å². The molecule has 0 aromatic heterocycles. The largest absolute Gasteiger partial charge is 0.353 e. The van der Waals surface area contributed by atoms with E-state index in [0.29, 0.717) is 6.04 Å². The standard InChI is InChI=1S/C15H31N3O/c1-3-5-6-13(4-2)15(19)17-14-7-10-18(11-8-14)12-9-16/h13-14H,3-12,16H2,1-2H3,(H,17,19). The van der Waals surface area contributed by atoms with Crippen LogP contribution in [0, 0.1) is 5.92 Å². The van der Waals surface area contributed by atoms with Gasteiger partial charge in [-0.3, -0.25) is 4.79 Å². The normalized spacial score (nSPS) is 19.3. The van der Waals surface area contributed by atoms with Gasteiger partial charge < -0.3 is 16.0 Å². The zero-order chi connectivity index (χ0) is 14.1. The summed E-state index contributed by atoms with van der Waals surface area (Å²) < 4.78 is 0. The molecule has 112 valence electrons. The Bertz CT molecular complexity index is 250. The van der Waals surface area contributed by atoms with Gasteiger partial charge in [-0.15, -0.1) is 0 Å². The van der Waals surface area contributed by atoms with Crippen LogP contribution in [0.4, 0.5) is 0 Å². The van der Waals surface area contributed by atoms with E-state index in [1.165, 1.54) is 6.42 Å². The number of amides is 1. The van der Waals surface area contributed by atoms with E-state index < -0.39 is 0 Å². The van der Waals surface area contributed by atoms with Crippen molar-refractivity contribution in [2.45, 2.75) is 58.4 Å². The Balaban J connectivity index is 2.28. The van der Waals surface area contributed by atoms with E-state index in [4.69, 9.17) is 5.73 Å². The zero-order valence-corrected chi connectivity index (χ0v) is 12.7. The van der Waals surface area contributed by atoms with Gasteiger partial charge in [-0.1, -0.05) is 26.7 Å². The number of rotatable bonds is 8. The molecule has 0 saturated carbocycles. The Morgan fingerprint density at radius 3 is 2.58 bits per heavy atom. The van der Waals surface area contributed by atoms with Crippen LogP contribution in [-0.4, -0.2) is 43.0 Å². The monoisotopic (exact) mass is 269 g/mol. The summed E-state index contributed by atoms with van der Waals surface area (Å²) in [4.78, 5) is 14.6. The lowest BCUT2D eigenvalue weighted by atomic mass is 9.97. The fourth-order valence-corrected chi connectivity index (χ4v) is 2.77. The van der Waals surface area contributed by atoms with Gasteiger partial charge in [-0.25, -0.2) is 0 Å². The smallest absolute Gasteiger partial charge is 0.223 e. The topological polar surface area (TPSA) is 58.4 Å². The molecule has 1 saturated heterocycles. The summed E-state index contributed by atoms with van der Waals surface area (Å²) in [5.41, 5.74) is 5.57. The van der Waals surface area contributed by atoms with Crippen molar-refractivity contribution in [1.29, 1.82) is 0 Å². The predicted molar refractivity (Wildman–Crippen MR) is 80.0 cm³/mol. The lowest BCUT2D eigenvalue weighted by Gasteiger charge is -2.32. The summed E-state index contributed by atoms with van der Waals surface area (Å²) in [6, 6.07) is 0.372. The van der Waals surface area contributed by atoms with Crippen molar-refractivity contribution in [3.63, 3.8) is 0 Å². The Labute approximate surface area is 118 Å². The molecule has 1 amide bonds. The average Bonchev–Trinajstić information content (AvgIpc) is 2.42. The van der Waals surface area contributed by atoms with E-state index in [0.717, 1.165) is 58.3 Å². The van der Waals surface area contributed by atoms with Gasteiger partial charge in [-0.2, -0.15) is 0 Å². The van der Waals surface area contributed by atoms with Gasteiger partial charge in [0.25, 0.3) is 0 Å². The first kappa shape index (κ1) is 16.4. The molecule has 0 aromatic carbocycles. The lowest BCUT2D eigenvalue weighted by molar-refractivity contribution is -0.126. The molecule has 4 nitrogen and oxygen atoms in total. The molecule has 0 aliphatic carbocycles. The lowest BCUT2D eigenvalue weighted by Crippen LogP contribution is -2.47. The van der Waals surface area contributed by atoms with Crippen molar-refractivity contribution >= 4 is 5.91 Å². The van der Waals surface area contributed by atoms with Crippen LogP contribution in [0.5, 0.6) is 0 Å². The number of hydrogen-bond donors (Lipinski definition) is 2. The van der Waals surface area contributed by atoms with Crippen LogP contribution in [0.25, 0.3) is 0 Å². The van der Waals surface area contributed by atoms with Crippen molar-refractivity contribution in [1.82, 2.24) is 10.2 Å². The highest BCUT2D eigenvalue weighted by molar-refractivity contribution is 5.78. The minimum atomic E-state index is 0.210. The first-order valence-corrected chi connectivity index (χ1v) is 7.94. The highest BCUT2D eigenvalue weighted by Gasteiger charge is 2.23. The van der Waals surface area contributed by atoms with Gasteiger partial charge >= 0.3 is 0 Å². The summed E-state index contributed by atoms with van der Waals surface area (Å²) in [7, 11) is 0.